The Bertz CT molecular complexity index is 539. The van der Waals surface area contributed by atoms with Gasteiger partial charge in [-0.2, -0.15) is 0 Å². The predicted octanol–water partition coefficient (Wildman–Crippen LogP) is 3.88. The van der Waals surface area contributed by atoms with Gasteiger partial charge in [0.15, 0.2) is 0 Å². The molecule has 0 bridgehead atoms. The lowest BCUT2D eigenvalue weighted by atomic mass is 9.98. The topological polar surface area (TPSA) is 105 Å². The van der Waals surface area contributed by atoms with E-state index in [0.717, 1.165) is 0 Å². The van der Waals surface area contributed by atoms with Crippen molar-refractivity contribution in [3.8, 4) is 0 Å². The van der Waals surface area contributed by atoms with Crippen LogP contribution in [0.5, 0.6) is 0 Å². The third kappa shape index (κ3) is 7.98. The number of ether oxygens (including phenoxy) is 2. The Morgan fingerprint density at radius 1 is 0.654 bits per heavy atom. The summed E-state index contributed by atoms with van der Waals surface area (Å²) in [7, 11) is -4.34. The Hall–Kier alpha value is -1.24. The number of esters is 2. The Morgan fingerprint density at radius 3 is 1.19 bits per heavy atom. The Kier molecular flexibility index (Phi) is 8.22. The molecule has 0 atom stereocenters. The molecule has 0 saturated carbocycles. The minimum atomic E-state index is -4.34. The molecule has 0 aliphatic rings. The van der Waals surface area contributed by atoms with Crippen LogP contribution in [0.3, 0.4) is 0 Å². The van der Waals surface area contributed by atoms with Gasteiger partial charge < -0.3 is 9.47 Å². The number of hydrogen-bond donors (Lipinski definition) is 0. The van der Waals surface area contributed by atoms with Gasteiger partial charge in [-0.25, -0.2) is 0 Å². The van der Waals surface area contributed by atoms with Gasteiger partial charge in [0.05, 0.1) is 10.8 Å². The molecule has 0 aliphatic heterocycles. The van der Waals surface area contributed by atoms with Crippen molar-refractivity contribution in [3.05, 3.63) is 0 Å². The van der Waals surface area contributed by atoms with E-state index in [4.69, 9.17) is 18.5 Å². The zero-order valence-corrected chi connectivity index (χ0v) is 18.0. The number of carbonyl (C=O) groups excluding carboxylic acids is 3. The summed E-state index contributed by atoms with van der Waals surface area (Å²) in [4.78, 5) is 35.9. The van der Waals surface area contributed by atoms with Crippen molar-refractivity contribution in [1.82, 2.24) is 0 Å². The fraction of sp³-hybridized carbons (Fsp3) is 0.824. The average Bonchev–Trinajstić information content (AvgIpc) is 2.43. The molecule has 0 spiro atoms. The van der Waals surface area contributed by atoms with Gasteiger partial charge in [-0.15, -0.1) is 0 Å². The molecule has 0 heterocycles. The number of rotatable bonds is 7. The SMILES string of the molecule is CC(C)(C)C(=O)OCOP(=O)(OCOC(=O)C(C)(C)C)C(=O)C(C)(C)C. The van der Waals surface area contributed by atoms with Crippen molar-refractivity contribution in [2.24, 2.45) is 16.2 Å². The van der Waals surface area contributed by atoms with E-state index in [-0.39, 0.29) is 0 Å². The van der Waals surface area contributed by atoms with E-state index in [2.05, 4.69) is 0 Å². The molecule has 0 amide bonds. The smallest absolute Gasteiger partial charge is 0.403 e. The van der Waals surface area contributed by atoms with E-state index >= 15 is 0 Å². The zero-order chi connectivity index (χ0) is 21.0. The average molecular weight is 394 g/mol. The highest BCUT2D eigenvalue weighted by molar-refractivity contribution is 7.72. The summed E-state index contributed by atoms with van der Waals surface area (Å²) in [5.41, 5.74) is -3.43. The summed E-state index contributed by atoms with van der Waals surface area (Å²) in [6, 6.07) is 0. The Balaban J connectivity index is 5.05. The lowest BCUT2D eigenvalue weighted by molar-refractivity contribution is -0.162. The molecule has 0 aliphatic carbocycles. The second kappa shape index (κ2) is 8.63. The number of hydrogen-bond acceptors (Lipinski definition) is 8. The lowest BCUT2D eigenvalue weighted by Crippen LogP contribution is -2.27. The summed E-state index contributed by atoms with van der Waals surface area (Å²) < 4.78 is 32.6. The standard InChI is InChI=1S/C17H31O8P/c1-15(2,3)12(18)22-10-24-26(21,14(20)17(7,8)9)25-11-23-13(19)16(4,5)6/h10-11H2,1-9H3. The van der Waals surface area contributed by atoms with Crippen molar-refractivity contribution >= 4 is 25.1 Å². The van der Waals surface area contributed by atoms with Crippen LogP contribution < -0.4 is 0 Å². The first-order chi connectivity index (χ1) is 11.4. The molecule has 0 fully saturated rings. The second-order valence-corrected chi connectivity index (χ2v) is 10.8. The first-order valence-electron chi connectivity index (χ1n) is 8.20. The van der Waals surface area contributed by atoms with Gasteiger partial charge in [-0.1, -0.05) is 20.8 Å². The van der Waals surface area contributed by atoms with Crippen molar-refractivity contribution < 1.29 is 37.5 Å². The summed E-state index contributed by atoms with van der Waals surface area (Å²) >= 11 is 0. The van der Waals surface area contributed by atoms with Crippen LogP contribution in [0.1, 0.15) is 62.3 Å². The van der Waals surface area contributed by atoms with Crippen molar-refractivity contribution in [1.29, 1.82) is 0 Å². The molecule has 0 aromatic carbocycles. The van der Waals surface area contributed by atoms with Crippen molar-refractivity contribution in [2.45, 2.75) is 62.3 Å². The summed E-state index contributed by atoms with van der Waals surface area (Å²) in [6.07, 6.45) is 0. The van der Waals surface area contributed by atoms with Crippen LogP contribution in [0.2, 0.25) is 0 Å². The maximum Gasteiger partial charge on any atom is 0.403 e. The van der Waals surface area contributed by atoms with Gasteiger partial charge in [0.1, 0.15) is 0 Å². The molecular weight excluding hydrogens is 363 g/mol. The fourth-order valence-corrected chi connectivity index (χ4v) is 2.81. The molecule has 26 heavy (non-hydrogen) atoms. The van der Waals surface area contributed by atoms with Crippen LogP contribution in [-0.2, 0) is 37.5 Å². The molecule has 0 aromatic rings. The van der Waals surface area contributed by atoms with Gasteiger partial charge in [0, 0.05) is 5.41 Å². The van der Waals surface area contributed by atoms with Gasteiger partial charge in [0.2, 0.25) is 19.1 Å². The van der Waals surface area contributed by atoms with Crippen LogP contribution in [0.25, 0.3) is 0 Å². The normalized spacial score (nSPS) is 13.3. The first kappa shape index (κ1) is 24.8. The highest BCUT2D eigenvalue weighted by Crippen LogP contribution is 2.53. The summed E-state index contributed by atoms with van der Waals surface area (Å²) in [6.45, 7) is 13.0. The highest BCUT2D eigenvalue weighted by atomic mass is 31.2. The van der Waals surface area contributed by atoms with Crippen LogP contribution in [0.4, 0.5) is 0 Å². The molecular formula is C17H31O8P. The quantitative estimate of drug-likeness (QED) is 0.364. The largest absolute Gasteiger partial charge is 0.438 e. The van der Waals surface area contributed by atoms with Crippen molar-refractivity contribution in [2.75, 3.05) is 13.6 Å². The second-order valence-electron chi connectivity index (χ2n) is 8.91. The number of carbonyl (C=O) groups is 3. The molecule has 0 saturated heterocycles. The van der Waals surface area contributed by atoms with E-state index in [0.29, 0.717) is 0 Å². The van der Waals surface area contributed by atoms with E-state index in [1.54, 1.807) is 41.5 Å². The maximum atomic E-state index is 12.8. The molecule has 0 N–H and O–H groups in total. The maximum absolute atomic E-state index is 12.8. The molecule has 0 aromatic heterocycles. The minimum Gasteiger partial charge on any atom is -0.438 e. The minimum absolute atomic E-state index is 0.591. The lowest BCUT2D eigenvalue weighted by Gasteiger charge is -2.25. The Labute approximate surface area is 155 Å². The summed E-state index contributed by atoms with van der Waals surface area (Å²) in [5.74, 6) is -1.18. The monoisotopic (exact) mass is 394 g/mol. The van der Waals surface area contributed by atoms with E-state index in [9.17, 15) is 18.9 Å². The van der Waals surface area contributed by atoms with Crippen LogP contribution in [0, 0.1) is 16.2 Å². The first-order valence-corrected chi connectivity index (χ1v) is 9.74. The van der Waals surface area contributed by atoms with Crippen LogP contribution in [-0.4, -0.2) is 31.0 Å². The third-order valence-corrected chi connectivity index (χ3v) is 5.00. The molecule has 8 nitrogen and oxygen atoms in total. The molecule has 152 valence electrons. The van der Waals surface area contributed by atoms with Gasteiger partial charge in [0.25, 0.3) is 0 Å². The van der Waals surface area contributed by atoms with E-state index < -0.39 is 54.9 Å². The molecule has 0 unspecified atom stereocenters. The van der Waals surface area contributed by atoms with Crippen LogP contribution in [0.15, 0.2) is 0 Å². The predicted molar refractivity (Wildman–Crippen MR) is 95.1 cm³/mol. The van der Waals surface area contributed by atoms with E-state index in [1.165, 1.54) is 20.8 Å². The Morgan fingerprint density at radius 2 is 0.962 bits per heavy atom. The van der Waals surface area contributed by atoms with Gasteiger partial charge in [-0.3, -0.25) is 28.0 Å². The third-order valence-electron chi connectivity index (χ3n) is 2.94. The van der Waals surface area contributed by atoms with Gasteiger partial charge >= 0.3 is 19.5 Å². The molecule has 9 heteroatoms. The summed E-state index contributed by atoms with van der Waals surface area (Å²) in [5, 5.41) is 0. The van der Waals surface area contributed by atoms with Crippen LogP contribution >= 0.6 is 7.60 Å². The van der Waals surface area contributed by atoms with E-state index in [1.807, 2.05) is 0 Å². The molecule has 0 radical (unpaired) electrons. The highest BCUT2D eigenvalue weighted by Gasteiger charge is 2.43. The zero-order valence-electron chi connectivity index (χ0n) is 17.1. The fourth-order valence-electron chi connectivity index (χ4n) is 1.30. The van der Waals surface area contributed by atoms with Crippen molar-refractivity contribution in [3.63, 3.8) is 0 Å². The molecule has 0 rings (SSSR count). The van der Waals surface area contributed by atoms with Gasteiger partial charge in [-0.05, 0) is 41.5 Å².